The maximum Gasteiger partial charge on any atom is 0.251 e. The van der Waals surface area contributed by atoms with Gasteiger partial charge in [0.1, 0.15) is 5.82 Å². The average molecular weight is 279 g/mol. The van der Waals surface area contributed by atoms with E-state index in [1.165, 1.54) is 6.07 Å². The molecule has 74 valence electrons. The summed E-state index contributed by atoms with van der Waals surface area (Å²) in [6.07, 6.45) is 0.638. The number of fused-ring (bicyclic) bond motifs is 1. The van der Waals surface area contributed by atoms with Crippen LogP contribution in [-0.2, 0) is 6.42 Å². The topological polar surface area (TPSA) is 29.1 Å². The first-order valence-electron chi connectivity index (χ1n) is 4.06. The molecule has 1 aliphatic rings. The number of halogens is 3. The predicted molar refractivity (Wildman–Crippen MR) is 55.1 cm³/mol. The maximum atomic E-state index is 13.2. The molecule has 1 amide bonds. The second-order valence-corrected chi connectivity index (χ2v) is 4.19. The van der Waals surface area contributed by atoms with Crippen molar-refractivity contribution in [3.05, 3.63) is 32.5 Å². The Hall–Kier alpha value is -0.610. The van der Waals surface area contributed by atoms with Gasteiger partial charge in [-0.05, 0) is 34.0 Å². The molecule has 2 rings (SSSR count). The number of nitrogens with one attached hydrogen (secondary N) is 1. The summed E-state index contributed by atoms with van der Waals surface area (Å²) in [4.78, 5) is 11.3. The van der Waals surface area contributed by atoms with Crippen LogP contribution in [0.15, 0.2) is 10.5 Å². The first-order valence-corrected chi connectivity index (χ1v) is 5.23. The van der Waals surface area contributed by atoms with Gasteiger partial charge in [0.05, 0.1) is 9.50 Å². The normalized spacial score (nSPS) is 14.9. The zero-order chi connectivity index (χ0) is 10.3. The van der Waals surface area contributed by atoms with Crippen LogP contribution >= 0.6 is 27.5 Å². The second kappa shape index (κ2) is 3.51. The van der Waals surface area contributed by atoms with E-state index in [0.717, 1.165) is 0 Å². The van der Waals surface area contributed by atoms with Gasteiger partial charge in [-0.15, -0.1) is 0 Å². The minimum Gasteiger partial charge on any atom is -0.352 e. The number of hydrogen-bond acceptors (Lipinski definition) is 1. The van der Waals surface area contributed by atoms with E-state index in [1.54, 1.807) is 0 Å². The first-order chi connectivity index (χ1) is 6.61. The molecule has 0 atom stereocenters. The van der Waals surface area contributed by atoms with Crippen LogP contribution in [0.3, 0.4) is 0 Å². The number of hydrogen-bond donors (Lipinski definition) is 1. The second-order valence-electron chi connectivity index (χ2n) is 3.02. The number of amides is 1. The van der Waals surface area contributed by atoms with E-state index in [1.807, 2.05) is 0 Å². The van der Waals surface area contributed by atoms with Gasteiger partial charge < -0.3 is 5.32 Å². The van der Waals surface area contributed by atoms with Crippen molar-refractivity contribution in [2.24, 2.45) is 0 Å². The van der Waals surface area contributed by atoms with Crippen molar-refractivity contribution < 1.29 is 9.18 Å². The Morgan fingerprint density at radius 3 is 3.00 bits per heavy atom. The fraction of sp³-hybridized carbons (Fsp3) is 0.222. The molecule has 14 heavy (non-hydrogen) atoms. The lowest BCUT2D eigenvalue weighted by Gasteiger charge is -2.18. The van der Waals surface area contributed by atoms with Crippen molar-refractivity contribution in [2.75, 3.05) is 6.54 Å². The van der Waals surface area contributed by atoms with Crippen LogP contribution in [0.2, 0.25) is 5.02 Å². The zero-order valence-corrected chi connectivity index (χ0v) is 9.38. The molecule has 0 fully saturated rings. The molecule has 0 aliphatic carbocycles. The average Bonchev–Trinajstić information content (AvgIpc) is 2.17. The van der Waals surface area contributed by atoms with Crippen molar-refractivity contribution in [2.45, 2.75) is 6.42 Å². The molecule has 1 aromatic carbocycles. The summed E-state index contributed by atoms with van der Waals surface area (Å²) in [6.45, 7) is 0.545. The minimum atomic E-state index is -0.509. The highest BCUT2D eigenvalue weighted by atomic mass is 79.9. The van der Waals surface area contributed by atoms with Crippen LogP contribution in [0.1, 0.15) is 15.9 Å². The zero-order valence-electron chi connectivity index (χ0n) is 7.03. The molecule has 1 N–H and O–H groups in total. The molecular weight excluding hydrogens is 272 g/mol. The lowest BCUT2D eigenvalue weighted by Crippen LogP contribution is -2.32. The molecule has 1 heterocycles. The largest absolute Gasteiger partial charge is 0.352 e. The Kier molecular flexibility index (Phi) is 2.49. The van der Waals surface area contributed by atoms with Crippen LogP contribution in [0.25, 0.3) is 0 Å². The summed E-state index contributed by atoms with van der Waals surface area (Å²) < 4.78 is 13.5. The summed E-state index contributed by atoms with van der Waals surface area (Å²) in [5.74, 6) is -0.773. The summed E-state index contributed by atoms with van der Waals surface area (Å²) in [5, 5.41) is 2.93. The quantitative estimate of drug-likeness (QED) is 0.726. The lowest BCUT2D eigenvalue weighted by molar-refractivity contribution is 0.0945. The van der Waals surface area contributed by atoms with Gasteiger partial charge in [0.15, 0.2) is 0 Å². The number of benzene rings is 1. The number of carbonyl (C=O) groups excluding carboxylic acids is 1. The van der Waals surface area contributed by atoms with Crippen molar-refractivity contribution in [1.29, 1.82) is 0 Å². The summed E-state index contributed by atoms with van der Waals surface area (Å²) in [6, 6.07) is 1.21. The molecule has 5 heteroatoms. The maximum absolute atomic E-state index is 13.2. The van der Waals surface area contributed by atoms with Gasteiger partial charge in [-0.25, -0.2) is 4.39 Å². The van der Waals surface area contributed by atoms with E-state index in [4.69, 9.17) is 11.6 Å². The monoisotopic (exact) mass is 277 g/mol. The van der Waals surface area contributed by atoms with Crippen LogP contribution in [0.5, 0.6) is 0 Å². The van der Waals surface area contributed by atoms with Gasteiger partial charge in [-0.3, -0.25) is 4.79 Å². The third-order valence-electron chi connectivity index (χ3n) is 2.17. The Labute approximate surface area is 93.6 Å². The van der Waals surface area contributed by atoms with Gasteiger partial charge in [-0.2, -0.15) is 0 Å². The molecule has 0 saturated heterocycles. The fourth-order valence-corrected chi connectivity index (χ4v) is 2.12. The molecule has 0 saturated carbocycles. The standard InChI is InChI=1S/C9H6BrClFNO/c10-7-6(12)3-5-4(8(7)11)1-2-13-9(5)14/h3H,1-2H2,(H,13,14). The highest BCUT2D eigenvalue weighted by molar-refractivity contribution is 9.10. The third kappa shape index (κ3) is 1.42. The molecular formula is C9H6BrClFNO. The molecule has 0 radical (unpaired) electrons. The van der Waals surface area contributed by atoms with Crippen molar-refractivity contribution in [3.8, 4) is 0 Å². The van der Waals surface area contributed by atoms with E-state index >= 15 is 0 Å². The molecule has 0 aromatic heterocycles. The third-order valence-corrected chi connectivity index (χ3v) is 3.59. The minimum absolute atomic E-state index is 0.229. The van der Waals surface area contributed by atoms with Crippen molar-refractivity contribution >= 4 is 33.4 Å². The van der Waals surface area contributed by atoms with Crippen LogP contribution in [0, 0.1) is 5.82 Å². The fourth-order valence-electron chi connectivity index (χ4n) is 1.48. The van der Waals surface area contributed by atoms with E-state index < -0.39 is 5.82 Å². The van der Waals surface area contributed by atoms with E-state index in [9.17, 15) is 9.18 Å². The highest BCUT2D eigenvalue weighted by Crippen LogP contribution is 2.33. The molecule has 1 aliphatic heterocycles. The van der Waals surface area contributed by atoms with Gasteiger partial charge in [0, 0.05) is 12.1 Å². The smallest absolute Gasteiger partial charge is 0.251 e. The Bertz CT molecular complexity index is 422. The van der Waals surface area contributed by atoms with Crippen LogP contribution < -0.4 is 5.32 Å². The Balaban J connectivity index is 2.69. The van der Waals surface area contributed by atoms with Crippen LogP contribution in [-0.4, -0.2) is 12.5 Å². The van der Waals surface area contributed by atoms with Crippen molar-refractivity contribution in [3.63, 3.8) is 0 Å². The predicted octanol–water partition coefficient (Wildman–Crippen LogP) is 2.53. The molecule has 0 spiro atoms. The van der Waals surface area contributed by atoms with Crippen LogP contribution in [0.4, 0.5) is 4.39 Å². The summed E-state index contributed by atoms with van der Waals surface area (Å²) in [7, 11) is 0. The molecule has 2 nitrogen and oxygen atoms in total. The molecule has 1 aromatic rings. The molecule has 0 unspecified atom stereocenters. The summed E-state index contributed by atoms with van der Waals surface area (Å²) in [5.41, 5.74) is 1.05. The lowest BCUT2D eigenvalue weighted by atomic mass is 10.0. The van der Waals surface area contributed by atoms with E-state index in [0.29, 0.717) is 29.1 Å². The summed E-state index contributed by atoms with van der Waals surface area (Å²) >= 11 is 8.95. The number of carbonyl (C=O) groups is 1. The van der Waals surface area contributed by atoms with Crippen molar-refractivity contribution in [1.82, 2.24) is 5.32 Å². The van der Waals surface area contributed by atoms with E-state index in [-0.39, 0.29) is 10.4 Å². The van der Waals surface area contributed by atoms with Gasteiger partial charge in [-0.1, -0.05) is 11.6 Å². The van der Waals surface area contributed by atoms with E-state index in [2.05, 4.69) is 21.2 Å². The Morgan fingerprint density at radius 2 is 2.29 bits per heavy atom. The van der Waals surface area contributed by atoms with Gasteiger partial charge >= 0.3 is 0 Å². The highest BCUT2D eigenvalue weighted by Gasteiger charge is 2.22. The first kappa shape index (κ1) is 9.93. The van der Waals surface area contributed by atoms with Gasteiger partial charge in [0.2, 0.25) is 0 Å². The van der Waals surface area contributed by atoms with Gasteiger partial charge in [0.25, 0.3) is 5.91 Å². The SMILES string of the molecule is O=C1NCCc2c1cc(F)c(Br)c2Cl. The number of rotatable bonds is 0. The molecule has 0 bridgehead atoms. The Morgan fingerprint density at radius 1 is 1.57 bits per heavy atom.